The van der Waals surface area contributed by atoms with E-state index in [4.69, 9.17) is 4.74 Å². The Morgan fingerprint density at radius 1 is 1.03 bits per heavy atom. The number of piperidine rings is 1. The maximum atomic E-state index is 13.2. The highest BCUT2D eigenvalue weighted by molar-refractivity contribution is 5.97. The average molecular weight is 421 g/mol. The summed E-state index contributed by atoms with van der Waals surface area (Å²) in [5, 5.41) is 2.93. The number of hydrogen-bond donors (Lipinski definition) is 1. The van der Waals surface area contributed by atoms with Crippen molar-refractivity contribution in [2.45, 2.75) is 51.0 Å². The number of benzene rings is 2. The second kappa shape index (κ2) is 9.13. The van der Waals surface area contributed by atoms with E-state index in [2.05, 4.69) is 17.4 Å². The molecule has 0 atom stereocenters. The molecule has 1 heterocycles. The summed E-state index contributed by atoms with van der Waals surface area (Å²) in [6.07, 6.45) is 3.76. The van der Waals surface area contributed by atoms with Crippen molar-refractivity contribution in [2.75, 3.05) is 19.7 Å². The Morgan fingerprint density at radius 3 is 2.32 bits per heavy atom. The number of likely N-dealkylation sites (tertiary alicyclic amines) is 1. The van der Waals surface area contributed by atoms with Gasteiger partial charge in [0.25, 0.3) is 5.91 Å². The number of nitrogens with one attached hydrogen (secondary N) is 1. The average Bonchev–Trinajstić information content (AvgIpc) is 3.60. The molecule has 4 rings (SSSR count). The van der Waals surface area contributed by atoms with Gasteiger partial charge in [-0.05, 0) is 63.1 Å². The molecule has 2 aromatic carbocycles. The Hall–Kier alpha value is -2.82. The van der Waals surface area contributed by atoms with E-state index in [0.29, 0.717) is 23.8 Å². The maximum Gasteiger partial charge on any atom is 0.255 e. The number of ether oxygens (including phenoxy) is 1. The molecular formula is C26H32N2O3. The minimum Gasteiger partial charge on any atom is -0.492 e. The second-order valence-electron chi connectivity index (χ2n) is 9.12. The Morgan fingerprint density at radius 2 is 1.68 bits per heavy atom. The van der Waals surface area contributed by atoms with Gasteiger partial charge in [-0.1, -0.05) is 42.5 Å². The van der Waals surface area contributed by atoms with Crippen LogP contribution < -0.4 is 10.1 Å². The lowest BCUT2D eigenvalue weighted by atomic mass is 9.91. The third-order valence-corrected chi connectivity index (χ3v) is 6.41. The van der Waals surface area contributed by atoms with E-state index in [0.717, 1.165) is 44.3 Å². The zero-order chi connectivity index (χ0) is 21.8. The van der Waals surface area contributed by atoms with Crippen LogP contribution in [0.1, 0.15) is 55.5 Å². The largest absolute Gasteiger partial charge is 0.492 e. The molecule has 1 aliphatic heterocycles. The first-order chi connectivity index (χ1) is 15.0. The third kappa shape index (κ3) is 4.76. The lowest BCUT2D eigenvalue weighted by Crippen LogP contribution is -2.44. The van der Waals surface area contributed by atoms with Crippen LogP contribution in [0.15, 0.2) is 54.6 Å². The summed E-state index contributed by atoms with van der Waals surface area (Å²) in [4.78, 5) is 27.7. The zero-order valence-electron chi connectivity index (χ0n) is 18.5. The molecule has 2 fully saturated rings. The highest BCUT2D eigenvalue weighted by Crippen LogP contribution is 2.49. The first-order valence-electron chi connectivity index (χ1n) is 11.4. The smallest absolute Gasteiger partial charge is 0.255 e. The van der Waals surface area contributed by atoms with Gasteiger partial charge >= 0.3 is 0 Å². The normalized spacial score (nSPS) is 18.0. The van der Waals surface area contributed by atoms with Gasteiger partial charge in [0, 0.05) is 19.1 Å². The molecule has 2 aliphatic rings. The summed E-state index contributed by atoms with van der Waals surface area (Å²) >= 11 is 0. The topological polar surface area (TPSA) is 58.6 Å². The van der Waals surface area contributed by atoms with Crippen LogP contribution in [-0.4, -0.2) is 42.5 Å². The molecule has 1 N–H and O–H groups in total. The standard InChI is InChI=1S/C26H32N2O3/c1-19(2)27-24(29)22-10-6-7-11-23(22)31-18-20-12-16-28(17-13-20)25(30)26(14-15-26)21-8-4-3-5-9-21/h3-11,19-20H,12-18H2,1-2H3,(H,27,29). The van der Waals surface area contributed by atoms with Crippen LogP contribution in [0.3, 0.4) is 0 Å². The number of para-hydroxylation sites is 1. The van der Waals surface area contributed by atoms with E-state index < -0.39 is 0 Å². The second-order valence-corrected chi connectivity index (χ2v) is 9.12. The number of nitrogens with zero attached hydrogens (tertiary/aromatic N) is 1. The van der Waals surface area contributed by atoms with Crippen molar-refractivity contribution in [1.29, 1.82) is 0 Å². The number of carbonyl (C=O) groups is 2. The molecule has 5 heteroatoms. The molecule has 0 aromatic heterocycles. The Labute approximate surface area is 184 Å². The van der Waals surface area contributed by atoms with E-state index in [9.17, 15) is 9.59 Å². The van der Waals surface area contributed by atoms with Crippen molar-refractivity contribution in [2.24, 2.45) is 5.92 Å². The zero-order valence-corrected chi connectivity index (χ0v) is 18.5. The van der Waals surface area contributed by atoms with E-state index in [-0.39, 0.29) is 23.3 Å². The van der Waals surface area contributed by atoms with Crippen LogP contribution in [-0.2, 0) is 10.2 Å². The molecule has 31 heavy (non-hydrogen) atoms. The molecule has 1 aliphatic carbocycles. The van der Waals surface area contributed by atoms with Gasteiger partial charge in [0.2, 0.25) is 5.91 Å². The van der Waals surface area contributed by atoms with E-state index >= 15 is 0 Å². The quantitative estimate of drug-likeness (QED) is 0.731. The Kier molecular flexibility index (Phi) is 6.30. The summed E-state index contributed by atoms with van der Waals surface area (Å²) in [6.45, 7) is 6.01. The summed E-state index contributed by atoms with van der Waals surface area (Å²) in [7, 11) is 0. The fourth-order valence-electron chi connectivity index (χ4n) is 4.44. The molecule has 1 saturated carbocycles. The summed E-state index contributed by atoms with van der Waals surface area (Å²) in [6, 6.07) is 17.7. The monoisotopic (exact) mass is 420 g/mol. The van der Waals surface area contributed by atoms with Gasteiger partial charge in [0.1, 0.15) is 5.75 Å². The Balaban J connectivity index is 1.31. The fourth-order valence-corrected chi connectivity index (χ4v) is 4.44. The van der Waals surface area contributed by atoms with E-state index in [1.54, 1.807) is 6.07 Å². The van der Waals surface area contributed by atoms with Crippen molar-refractivity contribution in [1.82, 2.24) is 10.2 Å². The fraction of sp³-hybridized carbons (Fsp3) is 0.462. The molecule has 1 saturated heterocycles. The van der Waals surface area contributed by atoms with Crippen LogP contribution in [0.5, 0.6) is 5.75 Å². The molecule has 0 radical (unpaired) electrons. The highest BCUT2D eigenvalue weighted by Gasteiger charge is 2.53. The first kappa shape index (κ1) is 21.4. The molecule has 0 spiro atoms. The molecule has 0 unspecified atom stereocenters. The van der Waals surface area contributed by atoms with E-state index in [1.807, 2.05) is 55.1 Å². The summed E-state index contributed by atoms with van der Waals surface area (Å²) < 4.78 is 6.06. The van der Waals surface area contributed by atoms with Crippen LogP contribution in [0.4, 0.5) is 0 Å². The molecular weight excluding hydrogens is 388 g/mol. The van der Waals surface area contributed by atoms with Gasteiger partial charge in [-0.2, -0.15) is 0 Å². The summed E-state index contributed by atoms with van der Waals surface area (Å²) in [5.74, 6) is 1.19. The molecule has 2 amide bonds. The van der Waals surface area contributed by atoms with Gasteiger partial charge in [-0.15, -0.1) is 0 Å². The molecule has 2 aromatic rings. The van der Waals surface area contributed by atoms with Gasteiger partial charge in [0.05, 0.1) is 17.6 Å². The van der Waals surface area contributed by atoms with Crippen molar-refractivity contribution in [3.63, 3.8) is 0 Å². The van der Waals surface area contributed by atoms with Gasteiger partial charge < -0.3 is 15.0 Å². The number of amides is 2. The Bertz CT molecular complexity index is 913. The third-order valence-electron chi connectivity index (χ3n) is 6.41. The van der Waals surface area contributed by atoms with Crippen molar-refractivity contribution < 1.29 is 14.3 Å². The van der Waals surface area contributed by atoms with Crippen LogP contribution >= 0.6 is 0 Å². The molecule has 5 nitrogen and oxygen atoms in total. The van der Waals surface area contributed by atoms with Crippen molar-refractivity contribution in [3.05, 3.63) is 65.7 Å². The molecule has 0 bridgehead atoms. The van der Waals surface area contributed by atoms with E-state index in [1.165, 1.54) is 0 Å². The van der Waals surface area contributed by atoms with Crippen molar-refractivity contribution in [3.8, 4) is 5.75 Å². The molecule has 164 valence electrons. The number of rotatable bonds is 7. The number of carbonyl (C=O) groups excluding carboxylic acids is 2. The van der Waals surface area contributed by atoms with Crippen LogP contribution in [0.2, 0.25) is 0 Å². The minimum atomic E-state index is -0.284. The van der Waals surface area contributed by atoms with Crippen LogP contribution in [0.25, 0.3) is 0 Å². The predicted octanol–water partition coefficient (Wildman–Crippen LogP) is 4.17. The highest BCUT2D eigenvalue weighted by atomic mass is 16.5. The SMILES string of the molecule is CC(C)NC(=O)c1ccccc1OCC1CCN(C(=O)C2(c3ccccc3)CC2)CC1. The first-order valence-corrected chi connectivity index (χ1v) is 11.4. The van der Waals surface area contributed by atoms with Gasteiger partial charge in [-0.3, -0.25) is 9.59 Å². The lowest BCUT2D eigenvalue weighted by molar-refractivity contribution is -0.135. The number of hydrogen-bond acceptors (Lipinski definition) is 3. The predicted molar refractivity (Wildman–Crippen MR) is 121 cm³/mol. The van der Waals surface area contributed by atoms with Crippen LogP contribution in [0, 0.1) is 5.92 Å². The summed E-state index contributed by atoms with van der Waals surface area (Å²) in [5.41, 5.74) is 1.44. The minimum absolute atomic E-state index is 0.0769. The van der Waals surface area contributed by atoms with Gasteiger partial charge in [-0.25, -0.2) is 0 Å². The lowest BCUT2D eigenvalue weighted by Gasteiger charge is -2.34. The van der Waals surface area contributed by atoms with Gasteiger partial charge in [0.15, 0.2) is 0 Å². The van der Waals surface area contributed by atoms with Crippen molar-refractivity contribution >= 4 is 11.8 Å². The maximum absolute atomic E-state index is 13.2.